The van der Waals surface area contributed by atoms with Crippen LogP contribution in [0.5, 0.6) is 0 Å². The topological polar surface area (TPSA) is 34.1 Å². The van der Waals surface area contributed by atoms with Crippen molar-refractivity contribution < 1.29 is 9.47 Å². The Balaban J connectivity index is 1.51. The largest absolute Gasteiger partial charge is 0.469 e. The monoisotopic (exact) mass is 400 g/mol. The first-order valence-corrected chi connectivity index (χ1v) is 10.4. The van der Waals surface area contributed by atoms with Gasteiger partial charge in [-0.15, -0.1) is 0 Å². The number of rotatable bonds is 9. The molecule has 0 spiro atoms. The summed E-state index contributed by atoms with van der Waals surface area (Å²) in [6, 6.07) is 31.3. The Hall–Kier alpha value is -2.95. The molecule has 4 heteroatoms. The fourth-order valence-corrected chi connectivity index (χ4v) is 3.86. The molecule has 0 bridgehead atoms. The lowest BCUT2D eigenvalue weighted by molar-refractivity contribution is 0.116. The van der Waals surface area contributed by atoms with E-state index >= 15 is 0 Å². The molecule has 4 nitrogen and oxygen atoms in total. The van der Waals surface area contributed by atoms with Crippen LogP contribution in [-0.4, -0.2) is 37.1 Å². The van der Waals surface area contributed by atoms with Gasteiger partial charge in [-0.1, -0.05) is 91.0 Å². The number of methoxy groups -OCH3 is 1. The molecule has 0 fully saturated rings. The van der Waals surface area contributed by atoms with Crippen LogP contribution in [0.1, 0.15) is 22.8 Å². The first-order chi connectivity index (χ1) is 14.8. The van der Waals surface area contributed by atoms with Gasteiger partial charge in [-0.05, 0) is 16.7 Å². The fourth-order valence-electron chi connectivity index (χ4n) is 3.86. The quantitative estimate of drug-likeness (QED) is 0.514. The highest BCUT2D eigenvalue weighted by Crippen LogP contribution is 2.30. The third kappa shape index (κ3) is 5.35. The number of hydrogen-bond donors (Lipinski definition) is 0. The van der Waals surface area contributed by atoms with Crippen molar-refractivity contribution in [2.45, 2.75) is 25.2 Å². The second kappa shape index (κ2) is 10.2. The number of benzene rings is 3. The van der Waals surface area contributed by atoms with E-state index < -0.39 is 0 Å². The molecule has 4 rings (SSSR count). The third-order valence-corrected chi connectivity index (χ3v) is 5.24. The van der Waals surface area contributed by atoms with E-state index in [1.165, 1.54) is 11.1 Å². The molecule has 0 N–H and O–H groups in total. The first kappa shape index (κ1) is 20.3. The van der Waals surface area contributed by atoms with Crippen LogP contribution < -0.4 is 0 Å². The minimum absolute atomic E-state index is 0.0253. The van der Waals surface area contributed by atoms with Crippen LogP contribution in [0.4, 0.5) is 0 Å². The average Bonchev–Trinajstić information content (AvgIpc) is 3.18. The normalized spacial score (nSPS) is 18.3. The summed E-state index contributed by atoms with van der Waals surface area (Å²) < 4.78 is 11.8. The molecule has 1 aliphatic rings. The summed E-state index contributed by atoms with van der Waals surface area (Å²) in [6.45, 7) is 2.87. The fraction of sp³-hybridized carbons (Fsp3) is 0.269. The Kier molecular flexibility index (Phi) is 6.91. The number of nitrogens with zero attached hydrogens (tertiary/aromatic N) is 2. The first-order valence-electron chi connectivity index (χ1n) is 10.4. The van der Waals surface area contributed by atoms with Crippen molar-refractivity contribution in [1.82, 2.24) is 4.90 Å². The van der Waals surface area contributed by atoms with Gasteiger partial charge in [0.15, 0.2) is 5.90 Å². The number of ether oxygens (including phenoxy) is 2. The molecule has 154 valence electrons. The summed E-state index contributed by atoms with van der Waals surface area (Å²) in [6.07, 6.45) is -0.101. The summed E-state index contributed by atoms with van der Waals surface area (Å²) in [4.78, 5) is 7.26. The number of aliphatic imine (C=N–C) groups is 1. The smallest absolute Gasteiger partial charge is 0.199 e. The van der Waals surface area contributed by atoms with Crippen LogP contribution in [0.25, 0.3) is 0 Å². The van der Waals surface area contributed by atoms with E-state index in [2.05, 4.69) is 77.7 Å². The van der Waals surface area contributed by atoms with E-state index in [-0.39, 0.29) is 12.1 Å². The predicted octanol–water partition coefficient (Wildman–Crippen LogP) is 4.87. The number of hydrogen-bond acceptors (Lipinski definition) is 4. The minimum Gasteiger partial charge on any atom is -0.469 e. The molecule has 0 aliphatic carbocycles. The second-order valence-corrected chi connectivity index (χ2v) is 7.61. The lowest BCUT2D eigenvalue weighted by atomic mass is 10.0. The van der Waals surface area contributed by atoms with Crippen LogP contribution >= 0.6 is 0 Å². The zero-order valence-corrected chi connectivity index (χ0v) is 17.4. The Morgan fingerprint density at radius 3 is 1.83 bits per heavy atom. The van der Waals surface area contributed by atoms with Crippen molar-refractivity contribution in [3.8, 4) is 0 Å². The Bertz CT molecular complexity index is 888. The highest BCUT2D eigenvalue weighted by molar-refractivity contribution is 5.80. The van der Waals surface area contributed by atoms with Gasteiger partial charge in [0.2, 0.25) is 0 Å². The van der Waals surface area contributed by atoms with Crippen molar-refractivity contribution in [3.63, 3.8) is 0 Å². The molecular weight excluding hydrogens is 372 g/mol. The molecule has 0 aromatic heterocycles. The standard InChI is InChI=1S/C26H28N2O2/c1-29-20-24-26(23-15-9-4-10-16-23)30-25(27-24)19-28(17-21-11-5-2-6-12-21)18-22-13-7-3-8-14-22/h2-16,24,26H,17-20H2,1H3/t24-,26-/m0/s1. The molecule has 0 unspecified atom stereocenters. The zero-order valence-electron chi connectivity index (χ0n) is 17.4. The van der Waals surface area contributed by atoms with Crippen LogP contribution in [-0.2, 0) is 22.6 Å². The predicted molar refractivity (Wildman–Crippen MR) is 120 cm³/mol. The van der Waals surface area contributed by atoms with Gasteiger partial charge in [0, 0.05) is 20.2 Å². The van der Waals surface area contributed by atoms with Crippen LogP contribution in [0.15, 0.2) is 96.0 Å². The maximum atomic E-state index is 6.35. The highest BCUT2D eigenvalue weighted by atomic mass is 16.5. The molecule has 1 aliphatic heterocycles. The molecule has 0 amide bonds. The molecule has 0 radical (unpaired) electrons. The van der Waals surface area contributed by atoms with Crippen LogP contribution in [0, 0.1) is 0 Å². The van der Waals surface area contributed by atoms with Gasteiger partial charge in [0.1, 0.15) is 12.1 Å². The lowest BCUT2D eigenvalue weighted by Crippen LogP contribution is -2.29. The summed E-state index contributed by atoms with van der Waals surface area (Å²) in [5.74, 6) is 0.776. The Labute approximate surface area is 178 Å². The molecule has 2 atom stereocenters. The summed E-state index contributed by atoms with van der Waals surface area (Å²) in [7, 11) is 1.71. The summed E-state index contributed by atoms with van der Waals surface area (Å²) in [5.41, 5.74) is 3.69. The molecular formula is C26H28N2O2. The SMILES string of the molecule is COC[C@@H]1N=C(CN(Cc2ccccc2)Cc2ccccc2)O[C@H]1c1ccccc1. The van der Waals surface area contributed by atoms with Crippen molar-refractivity contribution in [1.29, 1.82) is 0 Å². The highest BCUT2D eigenvalue weighted by Gasteiger charge is 2.32. The van der Waals surface area contributed by atoms with Crippen LogP contribution in [0.2, 0.25) is 0 Å². The van der Waals surface area contributed by atoms with Crippen molar-refractivity contribution in [2.24, 2.45) is 4.99 Å². The van der Waals surface area contributed by atoms with Gasteiger partial charge >= 0.3 is 0 Å². The summed E-state index contributed by atoms with van der Waals surface area (Å²) in [5, 5.41) is 0. The molecule has 0 saturated heterocycles. The molecule has 3 aromatic rings. The van der Waals surface area contributed by atoms with E-state index in [0.29, 0.717) is 13.2 Å². The lowest BCUT2D eigenvalue weighted by Gasteiger charge is -2.23. The van der Waals surface area contributed by atoms with Crippen molar-refractivity contribution in [2.75, 3.05) is 20.3 Å². The van der Waals surface area contributed by atoms with Gasteiger partial charge in [-0.25, -0.2) is 4.99 Å². The molecule has 1 heterocycles. The molecule has 30 heavy (non-hydrogen) atoms. The van der Waals surface area contributed by atoms with Gasteiger partial charge in [-0.3, -0.25) is 4.90 Å². The minimum atomic E-state index is -0.101. The van der Waals surface area contributed by atoms with E-state index in [0.717, 1.165) is 24.6 Å². The zero-order chi connectivity index (χ0) is 20.6. The van der Waals surface area contributed by atoms with Gasteiger partial charge < -0.3 is 9.47 Å². The molecule has 3 aromatic carbocycles. The maximum absolute atomic E-state index is 6.35. The van der Waals surface area contributed by atoms with Crippen molar-refractivity contribution >= 4 is 5.90 Å². The third-order valence-electron chi connectivity index (χ3n) is 5.24. The van der Waals surface area contributed by atoms with Crippen molar-refractivity contribution in [3.05, 3.63) is 108 Å². The van der Waals surface area contributed by atoms with Crippen LogP contribution in [0.3, 0.4) is 0 Å². The van der Waals surface area contributed by atoms with E-state index in [1.807, 2.05) is 18.2 Å². The van der Waals surface area contributed by atoms with Gasteiger partial charge in [0.25, 0.3) is 0 Å². The van der Waals surface area contributed by atoms with E-state index in [9.17, 15) is 0 Å². The molecule has 0 saturated carbocycles. The average molecular weight is 401 g/mol. The van der Waals surface area contributed by atoms with E-state index in [4.69, 9.17) is 14.5 Å². The van der Waals surface area contributed by atoms with E-state index in [1.54, 1.807) is 7.11 Å². The van der Waals surface area contributed by atoms with Gasteiger partial charge in [0.05, 0.1) is 13.2 Å². The Morgan fingerprint density at radius 1 is 0.767 bits per heavy atom. The second-order valence-electron chi connectivity index (χ2n) is 7.61. The maximum Gasteiger partial charge on any atom is 0.199 e. The Morgan fingerprint density at radius 2 is 1.30 bits per heavy atom. The summed E-state index contributed by atoms with van der Waals surface area (Å²) >= 11 is 0. The van der Waals surface area contributed by atoms with Gasteiger partial charge in [-0.2, -0.15) is 0 Å².